The average molecular weight is 271 g/mol. The number of aryl methyl sites for hydroxylation is 3. The molecular formula is C17H25N3. The first-order valence-electron chi connectivity index (χ1n) is 7.42. The van der Waals surface area contributed by atoms with Crippen LogP contribution in [0.5, 0.6) is 0 Å². The number of benzene rings is 1. The summed E-state index contributed by atoms with van der Waals surface area (Å²) in [5.41, 5.74) is 11.1. The average Bonchev–Trinajstić information content (AvgIpc) is 2.80. The molecule has 2 aromatic rings. The van der Waals surface area contributed by atoms with E-state index in [9.17, 15) is 0 Å². The lowest BCUT2D eigenvalue weighted by Crippen LogP contribution is -2.21. The van der Waals surface area contributed by atoms with E-state index in [2.05, 4.69) is 60.9 Å². The topological polar surface area (TPSA) is 43.8 Å². The van der Waals surface area contributed by atoms with Crippen LogP contribution in [0.3, 0.4) is 0 Å². The van der Waals surface area contributed by atoms with E-state index in [1.807, 2.05) is 0 Å². The number of nitrogens with zero attached hydrogens (tertiary/aromatic N) is 2. The second-order valence-corrected chi connectivity index (χ2v) is 5.53. The van der Waals surface area contributed by atoms with Gasteiger partial charge in [0, 0.05) is 12.2 Å². The van der Waals surface area contributed by atoms with Gasteiger partial charge < -0.3 is 5.73 Å². The molecule has 0 saturated carbocycles. The molecule has 0 spiro atoms. The molecule has 0 aliphatic rings. The highest BCUT2D eigenvalue weighted by Gasteiger charge is 2.13. The van der Waals surface area contributed by atoms with Crippen LogP contribution in [0.25, 0.3) is 0 Å². The molecule has 0 aliphatic carbocycles. The molecule has 0 fully saturated rings. The minimum absolute atomic E-state index is 0.470. The van der Waals surface area contributed by atoms with Crippen molar-refractivity contribution in [2.75, 3.05) is 6.54 Å². The molecule has 0 amide bonds. The number of hydrogen-bond donors (Lipinski definition) is 1. The molecule has 2 rings (SSSR count). The van der Waals surface area contributed by atoms with Gasteiger partial charge in [-0.2, -0.15) is 5.10 Å². The second kappa shape index (κ2) is 6.71. The number of aromatic nitrogens is 2. The predicted molar refractivity (Wildman–Crippen MR) is 83.8 cm³/mol. The summed E-state index contributed by atoms with van der Waals surface area (Å²) in [5.74, 6) is 0.470. The molecule has 20 heavy (non-hydrogen) atoms. The van der Waals surface area contributed by atoms with Crippen LogP contribution in [-0.4, -0.2) is 16.3 Å². The third-order valence-corrected chi connectivity index (χ3v) is 3.89. The third-order valence-electron chi connectivity index (χ3n) is 3.89. The highest BCUT2D eigenvalue weighted by molar-refractivity contribution is 5.26. The Kier molecular flexibility index (Phi) is 4.96. The first-order valence-corrected chi connectivity index (χ1v) is 7.42. The van der Waals surface area contributed by atoms with E-state index < -0.39 is 0 Å². The lowest BCUT2D eigenvalue weighted by Gasteiger charge is -2.16. The molecule has 0 bridgehead atoms. The van der Waals surface area contributed by atoms with Crippen molar-refractivity contribution in [2.45, 2.75) is 40.2 Å². The molecule has 3 nitrogen and oxygen atoms in total. The molecule has 0 saturated heterocycles. The lowest BCUT2D eigenvalue weighted by atomic mass is 9.92. The summed E-state index contributed by atoms with van der Waals surface area (Å²) >= 11 is 0. The van der Waals surface area contributed by atoms with Crippen LogP contribution in [0.4, 0.5) is 0 Å². The fraction of sp³-hybridized carbons (Fsp3) is 0.471. The molecule has 1 aromatic heterocycles. The van der Waals surface area contributed by atoms with Gasteiger partial charge in [-0.15, -0.1) is 0 Å². The highest BCUT2D eigenvalue weighted by Crippen LogP contribution is 2.17. The van der Waals surface area contributed by atoms with Gasteiger partial charge in [0.05, 0.1) is 5.69 Å². The van der Waals surface area contributed by atoms with Crippen LogP contribution in [0.15, 0.2) is 30.3 Å². The molecule has 0 aliphatic heterocycles. The van der Waals surface area contributed by atoms with Crippen molar-refractivity contribution in [3.05, 3.63) is 52.8 Å². The van der Waals surface area contributed by atoms with Gasteiger partial charge in [0.25, 0.3) is 0 Å². The standard InChI is InChI=1S/C17H25N3/c1-4-20-17(9-14(3)19-20)11-15(12-18)10-16-8-6-5-7-13(16)2/h5-9,15H,4,10-12,18H2,1-3H3. The number of nitrogens with two attached hydrogens (primary N) is 1. The van der Waals surface area contributed by atoms with Crippen molar-refractivity contribution >= 4 is 0 Å². The highest BCUT2D eigenvalue weighted by atomic mass is 15.3. The fourth-order valence-corrected chi connectivity index (χ4v) is 2.72. The third kappa shape index (κ3) is 3.48. The van der Waals surface area contributed by atoms with Gasteiger partial charge in [0.2, 0.25) is 0 Å². The number of rotatable bonds is 6. The van der Waals surface area contributed by atoms with Gasteiger partial charge in [-0.05, 0) is 63.3 Å². The molecule has 1 unspecified atom stereocenters. The quantitative estimate of drug-likeness (QED) is 0.878. The van der Waals surface area contributed by atoms with Gasteiger partial charge in [-0.1, -0.05) is 24.3 Å². The van der Waals surface area contributed by atoms with Crippen LogP contribution < -0.4 is 5.73 Å². The van der Waals surface area contributed by atoms with Crippen molar-refractivity contribution in [2.24, 2.45) is 11.7 Å². The van der Waals surface area contributed by atoms with E-state index in [0.717, 1.165) is 25.1 Å². The first-order chi connectivity index (χ1) is 9.63. The Morgan fingerprint density at radius 1 is 1.20 bits per heavy atom. The van der Waals surface area contributed by atoms with E-state index >= 15 is 0 Å². The molecule has 2 N–H and O–H groups in total. The zero-order chi connectivity index (χ0) is 14.5. The van der Waals surface area contributed by atoms with E-state index in [1.165, 1.54) is 16.8 Å². The zero-order valence-corrected chi connectivity index (χ0v) is 12.8. The van der Waals surface area contributed by atoms with Gasteiger partial charge in [-0.25, -0.2) is 0 Å². The van der Waals surface area contributed by atoms with E-state index in [4.69, 9.17) is 5.73 Å². The zero-order valence-electron chi connectivity index (χ0n) is 12.8. The molecular weight excluding hydrogens is 246 g/mol. The Morgan fingerprint density at radius 3 is 2.60 bits per heavy atom. The predicted octanol–water partition coefficient (Wildman–Crippen LogP) is 2.88. The van der Waals surface area contributed by atoms with Crippen molar-refractivity contribution in [3.63, 3.8) is 0 Å². The molecule has 108 valence electrons. The monoisotopic (exact) mass is 271 g/mol. The van der Waals surface area contributed by atoms with Crippen LogP contribution in [0.1, 0.15) is 29.4 Å². The maximum Gasteiger partial charge on any atom is 0.0596 e. The van der Waals surface area contributed by atoms with Gasteiger partial charge in [0.15, 0.2) is 0 Å². The van der Waals surface area contributed by atoms with E-state index in [1.54, 1.807) is 0 Å². The van der Waals surface area contributed by atoms with Crippen molar-refractivity contribution in [1.82, 2.24) is 9.78 Å². The summed E-state index contributed by atoms with van der Waals surface area (Å²) in [6, 6.07) is 10.8. The maximum atomic E-state index is 5.99. The second-order valence-electron chi connectivity index (χ2n) is 5.53. The number of hydrogen-bond acceptors (Lipinski definition) is 2. The molecule has 1 aromatic carbocycles. The van der Waals surface area contributed by atoms with Crippen LogP contribution in [-0.2, 0) is 19.4 Å². The molecule has 3 heteroatoms. The maximum absolute atomic E-state index is 5.99. The van der Waals surface area contributed by atoms with Crippen LogP contribution in [0, 0.1) is 19.8 Å². The lowest BCUT2D eigenvalue weighted by molar-refractivity contribution is 0.498. The molecule has 1 heterocycles. The Balaban J connectivity index is 2.11. The smallest absolute Gasteiger partial charge is 0.0596 e. The Labute approximate surface area is 121 Å². The summed E-state index contributed by atoms with van der Waals surface area (Å²) in [6.45, 7) is 7.99. The fourth-order valence-electron chi connectivity index (χ4n) is 2.72. The SMILES string of the molecule is CCn1nc(C)cc1CC(CN)Cc1ccccc1C. The minimum atomic E-state index is 0.470. The van der Waals surface area contributed by atoms with Gasteiger partial charge in [0.1, 0.15) is 0 Å². The molecule has 0 radical (unpaired) electrons. The summed E-state index contributed by atoms with van der Waals surface area (Å²) < 4.78 is 2.09. The normalized spacial score (nSPS) is 12.6. The summed E-state index contributed by atoms with van der Waals surface area (Å²) in [6.07, 6.45) is 2.04. The van der Waals surface area contributed by atoms with Gasteiger partial charge in [-0.3, -0.25) is 4.68 Å². The van der Waals surface area contributed by atoms with Crippen molar-refractivity contribution < 1.29 is 0 Å². The van der Waals surface area contributed by atoms with E-state index in [0.29, 0.717) is 12.5 Å². The van der Waals surface area contributed by atoms with Crippen molar-refractivity contribution in [1.29, 1.82) is 0 Å². The molecule has 1 atom stereocenters. The first kappa shape index (κ1) is 14.8. The van der Waals surface area contributed by atoms with Crippen LogP contribution >= 0.6 is 0 Å². The summed E-state index contributed by atoms with van der Waals surface area (Å²) in [4.78, 5) is 0. The summed E-state index contributed by atoms with van der Waals surface area (Å²) in [7, 11) is 0. The van der Waals surface area contributed by atoms with E-state index in [-0.39, 0.29) is 0 Å². The largest absolute Gasteiger partial charge is 0.330 e. The Bertz CT molecular complexity index is 557. The minimum Gasteiger partial charge on any atom is -0.330 e. The Hall–Kier alpha value is -1.61. The summed E-state index contributed by atoms with van der Waals surface area (Å²) in [5, 5.41) is 4.52. The van der Waals surface area contributed by atoms with Gasteiger partial charge >= 0.3 is 0 Å². The van der Waals surface area contributed by atoms with Crippen LogP contribution in [0.2, 0.25) is 0 Å². The Morgan fingerprint density at radius 2 is 1.95 bits per heavy atom. The van der Waals surface area contributed by atoms with Crippen molar-refractivity contribution in [3.8, 4) is 0 Å².